The highest BCUT2D eigenvalue weighted by atomic mass is 79.9. The molecule has 0 aliphatic carbocycles. The van der Waals surface area contributed by atoms with Gasteiger partial charge in [0, 0.05) is 15.5 Å². The van der Waals surface area contributed by atoms with Gasteiger partial charge < -0.3 is 10.1 Å². The molecule has 0 fully saturated rings. The second-order valence-corrected chi connectivity index (χ2v) is 6.53. The number of hydrogen-bond acceptors (Lipinski definition) is 2. The highest BCUT2D eigenvalue weighted by Crippen LogP contribution is 2.26. The first-order chi connectivity index (χ1) is 11.5. The molecule has 0 spiro atoms. The van der Waals surface area contributed by atoms with Crippen LogP contribution in [0.4, 0.5) is 5.69 Å². The Balaban J connectivity index is 1.70. The van der Waals surface area contributed by atoms with Gasteiger partial charge in [0.15, 0.2) is 6.61 Å². The molecular formula is C20H18BrNO2. The van der Waals surface area contributed by atoms with E-state index in [0.29, 0.717) is 5.75 Å². The zero-order chi connectivity index (χ0) is 17.1. The van der Waals surface area contributed by atoms with E-state index in [0.717, 1.165) is 32.1 Å². The van der Waals surface area contributed by atoms with Gasteiger partial charge in [-0.15, -0.1) is 0 Å². The smallest absolute Gasteiger partial charge is 0.262 e. The van der Waals surface area contributed by atoms with Crippen molar-refractivity contribution in [2.75, 3.05) is 11.9 Å². The van der Waals surface area contributed by atoms with E-state index in [1.807, 2.05) is 68.4 Å². The van der Waals surface area contributed by atoms with Gasteiger partial charge in [-0.05, 0) is 48.6 Å². The summed E-state index contributed by atoms with van der Waals surface area (Å²) >= 11 is 3.53. The summed E-state index contributed by atoms with van der Waals surface area (Å²) in [6, 6.07) is 17.6. The predicted octanol–water partition coefficient (Wildman–Crippen LogP) is 5.24. The first-order valence-corrected chi connectivity index (χ1v) is 8.51. The molecule has 0 aliphatic rings. The summed E-state index contributed by atoms with van der Waals surface area (Å²) in [5.74, 6) is 0.519. The molecule has 0 bridgehead atoms. The summed E-state index contributed by atoms with van der Waals surface area (Å²) < 4.78 is 6.70. The molecule has 0 aliphatic heterocycles. The quantitative estimate of drug-likeness (QED) is 0.668. The Bertz CT molecular complexity index is 877. The van der Waals surface area contributed by atoms with Crippen LogP contribution in [-0.2, 0) is 4.79 Å². The number of ether oxygens (including phenoxy) is 1. The van der Waals surface area contributed by atoms with E-state index in [2.05, 4.69) is 21.2 Å². The standard InChI is InChI=1S/C20H18BrNO2/c1-13-10-16(11-14(2)20(13)21)24-12-19(23)22-18-9-5-7-15-6-3-4-8-17(15)18/h3-11H,12H2,1-2H3,(H,22,23). The fraction of sp³-hybridized carbons (Fsp3) is 0.150. The maximum atomic E-state index is 12.2. The van der Waals surface area contributed by atoms with Gasteiger partial charge in [0.2, 0.25) is 0 Å². The van der Waals surface area contributed by atoms with Crippen molar-refractivity contribution in [1.82, 2.24) is 0 Å². The minimum atomic E-state index is -0.176. The van der Waals surface area contributed by atoms with Crippen LogP contribution in [-0.4, -0.2) is 12.5 Å². The van der Waals surface area contributed by atoms with Crippen LogP contribution in [0.5, 0.6) is 5.75 Å². The minimum absolute atomic E-state index is 0.0241. The van der Waals surface area contributed by atoms with Crippen molar-refractivity contribution in [3.05, 3.63) is 70.2 Å². The van der Waals surface area contributed by atoms with Crippen molar-refractivity contribution in [2.24, 2.45) is 0 Å². The molecule has 24 heavy (non-hydrogen) atoms. The summed E-state index contributed by atoms with van der Waals surface area (Å²) in [6.07, 6.45) is 0. The molecule has 3 aromatic carbocycles. The fourth-order valence-corrected chi connectivity index (χ4v) is 2.89. The number of nitrogens with one attached hydrogen (secondary N) is 1. The molecule has 0 radical (unpaired) electrons. The molecule has 0 saturated heterocycles. The molecule has 1 N–H and O–H groups in total. The maximum absolute atomic E-state index is 12.2. The second kappa shape index (κ2) is 7.05. The number of rotatable bonds is 4. The van der Waals surface area contributed by atoms with Crippen LogP contribution < -0.4 is 10.1 Å². The number of fused-ring (bicyclic) bond motifs is 1. The van der Waals surface area contributed by atoms with Crippen LogP contribution in [0.15, 0.2) is 59.1 Å². The lowest BCUT2D eigenvalue weighted by atomic mass is 10.1. The van der Waals surface area contributed by atoms with Crippen LogP contribution in [0, 0.1) is 13.8 Å². The SMILES string of the molecule is Cc1cc(OCC(=O)Nc2cccc3ccccc23)cc(C)c1Br. The molecule has 122 valence electrons. The lowest BCUT2D eigenvalue weighted by molar-refractivity contribution is -0.118. The van der Waals surface area contributed by atoms with E-state index >= 15 is 0 Å². The van der Waals surface area contributed by atoms with Crippen LogP contribution in [0.25, 0.3) is 10.8 Å². The topological polar surface area (TPSA) is 38.3 Å². The molecule has 3 aromatic rings. The third-order valence-electron chi connectivity index (χ3n) is 3.84. The molecule has 0 atom stereocenters. The zero-order valence-corrected chi connectivity index (χ0v) is 15.2. The Morgan fingerprint density at radius 2 is 1.71 bits per heavy atom. The molecule has 0 unspecified atom stereocenters. The number of amides is 1. The van der Waals surface area contributed by atoms with Crippen LogP contribution >= 0.6 is 15.9 Å². The van der Waals surface area contributed by atoms with E-state index in [4.69, 9.17) is 4.74 Å². The summed E-state index contributed by atoms with van der Waals surface area (Å²) in [6.45, 7) is 3.98. The number of halogens is 1. The van der Waals surface area contributed by atoms with E-state index < -0.39 is 0 Å². The number of benzene rings is 3. The average molecular weight is 384 g/mol. The van der Waals surface area contributed by atoms with Crippen LogP contribution in [0.2, 0.25) is 0 Å². The molecule has 3 rings (SSSR count). The average Bonchev–Trinajstić information content (AvgIpc) is 2.58. The molecule has 0 heterocycles. The molecular weight excluding hydrogens is 366 g/mol. The maximum Gasteiger partial charge on any atom is 0.262 e. The Morgan fingerprint density at radius 1 is 1.04 bits per heavy atom. The normalized spacial score (nSPS) is 10.6. The number of anilines is 1. The first-order valence-electron chi connectivity index (χ1n) is 7.72. The Hall–Kier alpha value is -2.33. The van der Waals surface area contributed by atoms with Crippen molar-refractivity contribution >= 4 is 38.3 Å². The summed E-state index contributed by atoms with van der Waals surface area (Å²) in [4.78, 5) is 12.2. The van der Waals surface area contributed by atoms with Gasteiger partial charge >= 0.3 is 0 Å². The first kappa shape index (κ1) is 16.5. The van der Waals surface area contributed by atoms with Crippen LogP contribution in [0.3, 0.4) is 0 Å². The Morgan fingerprint density at radius 3 is 2.46 bits per heavy atom. The minimum Gasteiger partial charge on any atom is -0.484 e. The van der Waals surface area contributed by atoms with Gasteiger partial charge in [-0.2, -0.15) is 0 Å². The highest BCUT2D eigenvalue weighted by Gasteiger charge is 2.08. The number of carbonyl (C=O) groups is 1. The molecule has 3 nitrogen and oxygen atoms in total. The highest BCUT2D eigenvalue weighted by molar-refractivity contribution is 9.10. The largest absolute Gasteiger partial charge is 0.484 e. The fourth-order valence-electron chi connectivity index (χ4n) is 2.66. The summed E-state index contributed by atoms with van der Waals surface area (Å²) in [5.41, 5.74) is 2.96. The van der Waals surface area contributed by atoms with E-state index in [9.17, 15) is 4.79 Å². The van der Waals surface area contributed by atoms with Crippen molar-refractivity contribution in [3.63, 3.8) is 0 Å². The molecule has 4 heteroatoms. The van der Waals surface area contributed by atoms with Gasteiger partial charge in [0.05, 0.1) is 0 Å². The molecule has 1 amide bonds. The molecule has 0 aromatic heterocycles. The van der Waals surface area contributed by atoms with Gasteiger partial charge in [0.1, 0.15) is 5.75 Å². The summed E-state index contributed by atoms with van der Waals surface area (Å²) in [5, 5.41) is 5.03. The van der Waals surface area contributed by atoms with Gasteiger partial charge in [0.25, 0.3) is 5.91 Å². The van der Waals surface area contributed by atoms with Crippen molar-refractivity contribution in [3.8, 4) is 5.75 Å². The van der Waals surface area contributed by atoms with E-state index in [1.165, 1.54) is 0 Å². The zero-order valence-electron chi connectivity index (χ0n) is 13.6. The van der Waals surface area contributed by atoms with Crippen molar-refractivity contribution in [1.29, 1.82) is 0 Å². The lowest BCUT2D eigenvalue weighted by Crippen LogP contribution is -2.20. The van der Waals surface area contributed by atoms with Gasteiger partial charge in [-0.3, -0.25) is 4.79 Å². The summed E-state index contributed by atoms with van der Waals surface area (Å²) in [7, 11) is 0. The Kier molecular flexibility index (Phi) is 4.86. The third kappa shape index (κ3) is 3.60. The number of aryl methyl sites for hydroxylation is 2. The third-order valence-corrected chi connectivity index (χ3v) is 5.09. The lowest BCUT2D eigenvalue weighted by Gasteiger charge is -2.11. The van der Waals surface area contributed by atoms with Gasteiger partial charge in [-0.1, -0.05) is 52.3 Å². The van der Waals surface area contributed by atoms with Gasteiger partial charge in [-0.25, -0.2) is 0 Å². The van der Waals surface area contributed by atoms with E-state index in [1.54, 1.807) is 0 Å². The second-order valence-electron chi connectivity index (χ2n) is 5.73. The molecule has 0 saturated carbocycles. The van der Waals surface area contributed by atoms with E-state index in [-0.39, 0.29) is 12.5 Å². The Labute approximate surface area is 149 Å². The monoisotopic (exact) mass is 383 g/mol. The van der Waals surface area contributed by atoms with Crippen LogP contribution in [0.1, 0.15) is 11.1 Å². The van der Waals surface area contributed by atoms with Crippen molar-refractivity contribution in [2.45, 2.75) is 13.8 Å². The number of carbonyl (C=O) groups excluding carboxylic acids is 1. The number of hydrogen-bond donors (Lipinski definition) is 1. The predicted molar refractivity (Wildman–Crippen MR) is 102 cm³/mol. The van der Waals surface area contributed by atoms with Crippen molar-refractivity contribution < 1.29 is 9.53 Å².